The smallest absolute Gasteiger partial charge is 0.223 e. The summed E-state index contributed by atoms with van der Waals surface area (Å²) in [6.45, 7) is 8.80. The SMILES string of the molecule is CC.CC(=O)Nc1ncc(F)s1.CC(=O)Nc1nccs1.COc1ccc(CCc2ncc(F)s2)cc1.Cc1ccc(C=O)cc1.Cl.Nc1ncc(F)s1. The van der Waals surface area contributed by atoms with Crippen molar-refractivity contribution in [1.82, 2.24) is 19.9 Å². The maximum absolute atomic E-state index is 12.7. The summed E-state index contributed by atoms with van der Waals surface area (Å²) in [5, 5.41) is 7.83. The van der Waals surface area contributed by atoms with Crippen LogP contribution in [0, 0.1) is 22.3 Å². The third kappa shape index (κ3) is 23.0. The van der Waals surface area contributed by atoms with E-state index in [9.17, 15) is 27.6 Å². The Bertz CT molecular complexity index is 1870. The van der Waals surface area contributed by atoms with Crippen LogP contribution in [0.2, 0.25) is 0 Å². The second-order valence-electron chi connectivity index (χ2n) is 9.61. The van der Waals surface area contributed by atoms with Gasteiger partial charge in [0.25, 0.3) is 0 Å². The number of hydrogen-bond donors (Lipinski definition) is 3. The Morgan fingerprint density at radius 2 is 1.33 bits per heavy atom. The van der Waals surface area contributed by atoms with Gasteiger partial charge >= 0.3 is 0 Å². The molecule has 4 aromatic heterocycles. The first-order valence-corrected chi connectivity index (χ1v) is 18.9. The van der Waals surface area contributed by atoms with Crippen molar-refractivity contribution in [1.29, 1.82) is 0 Å². The van der Waals surface area contributed by atoms with Crippen molar-refractivity contribution in [3.8, 4) is 5.75 Å². The number of nitrogen functional groups attached to an aromatic ring is 1. The van der Waals surface area contributed by atoms with Crippen LogP contribution in [-0.2, 0) is 22.4 Å². The molecule has 4 heterocycles. The Balaban J connectivity index is 0.000000659. The summed E-state index contributed by atoms with van der Waals surface area (Å²) >= 11 is 4.17. The van der Waals surface area contributed by atoms with Crippen molar-refractivity contribution in [2.24, 2.45) is 0 Å². The molecule has 0 atom stereocenters. The van der Waals surface area contributed by atoms with Crippen molar-refractivity contribution < 1.29 is 32.3 Å². The van der Waals surface area contributed by atoms with E-state index >= 15 is 0 Å². The van der Waals surface area contributed by atoms with Crippen molar-refractivity contribution in [2.75, 3.05) is 23.5 Å². The van der Waals surface area contributed by atoms with Gasteiger partial charge in [0.15, 0.2) is 30.8 Å². The van der Waals surface area contributed by atoms with Crippen LogP contribution in [-0.4, -0.2) is 45.1 Å². The van der Waals surface area contributed by atoms with Crippen LogP contribution in [0.4, 0.5) is 28.6 Å². The average molecular weight is 844 g/mol. The molecule has 4 N–H and O–H groups in total. The first-order valence-electron chi connectivity index (χ1n) is 15.5. The molecule has 0 bridgehead atoms. The first kappa shape index (κ1) is 49.2. The van der Waals surface area contributed by atoms with E-state index in [1.165, 1.54) is 42.5 Å². The third-order valence-corrected chi connectivity index (χ3v) is 8.35. The van der Waals surface area contributed by atoms with Crippen LogP contribution in [0.25, 0.3) is 0 Å². The number of halogens is 4. The summed E-state index contributed by atoms with van der Waals surface area (Å²) in [5.41, 5.74) is 8.17. The summed E-state index contributed by atoms with van der Waals surface area (Å²) < 4.78 is 41.8. The lowest BCUT2D eigenvalue weighted by atomic mass is 10.1. The topological polar surface area (TPSA) is 162 Å². The maximum Gasteiger partial charge on any atom is 0.223 e. The summed E-state index contributed by atoms with van der Waals surface area (Å²) in [7, 11) is 1.65. The number of aromatic nitrogens is 4. The van der Waals surface area contributed by atoms with E-state index in [0.29, 0.717) is 10.3 Å². The van der Waals surface area contributed by atoms with Crippen LogP contribution in [0.5, 0.6) is 5.75 Å². The van der Waals surface area contributed by atoms with Crippen LogP contribution in [0.3, 0.4) is 0 Å². The van der Waals surface area contributed by atoms with Gasteiger partial charge in [-0.3, -0.25) is 14.4 Å². The molecule has 292 valence electrons. The third-order valence-electron chi connectivity index (χ3n) is 5.50. The molecule has 0 saturated heterocycles. The molecular weight excluding hydrogens is 803 g/mol. The lowest BCUT2D eigenvalue weighted by Crippen LogP contribution is -2.04. The van der Waals surface area contributed by atoms with E-state index in [1.54, 1.807) is 13.3 Å². The van der Waals surface area contributed by atoms with Crippen molar-refractivity contribution in [3.63, 3.8) is 0 Å². The average Bonchev–Trinajstić information content (AvgIpc) is 3.97. The molecule has 2 aromatic carbocycles. The van der Waals surface area contributed by atoms with Crippen LogP contribution in [0.1, 0.15) is 54.2 Å². The van der Waals surface area contributed by atoms with Gasteiger partial charge in [-0.1, -0.05) is 89.8 Å². The van der Waals surface area contributed by atoms with E-state index in [1.807, 2.05) is 74.7 Å². The minimum atomic E-state index is -0.399. The van der Waals surface area contributed by atoms with E-state index in [2.05, 4.69) is 30.6 Å². The Hall–Kier alpha value is -4.75. The van der Waals surface area contributed by atoms with E-state index in [4.69, 9.17) is 10.5 Å². The number of methoxy groups -OCH3 is 1. The highest BCUT2D eigenvalue weighted by Gasteiger charge is 2.02. The Morgan fingerprint density at radius 1 is 0.778 bits per heavy atom. The molecule has 0 unspecified atom stereocenters. The summed E-state index contributed by atoms with van der Waals surface area (Å²) in [6, 6.07) is 15.3. The maximum atomic E-state index is 12.7. The van der Waals surface area contributed by atoms with E-state index in [0.717, 1.165) is 81.9 Å². The van der Waals surface area contributed by atoms with Crippen LogP contribution < -0.4 is 21.1 Å². The monoisotopic (exact) mass is 843 g/mol. The molecule has 6 aromatic rings. The number of ether oxygens (including phenoxy) is 1. The Kier molecular flexibility index (Phi) is 26.2. The van der Waals surface area contributed by atoms with Gasteiger partial charge in [-0.15, -0.1) is 23.7 Å². The molecular formula is C35H41ClF3N7O4S4. The predicted octanol–water partition coefficient (Wildman–Crippen LogP) is 9.54. The number of amides is 2. The lowest BCUT2D eigenvalue weighted by molar-refractivity contribution is -0.115. The zero-order chi connectivity index (χ0) is 39.6. The highest BCUT2D eigenvalue weighted by atomic mass is 35.5. The zero-order valence-corrected chi connectivity index (χ0v) is 34.3. The summed E-state index contributed by atoms with van der Waals surface area (Å²) in [5.74, 6) is 0.531. The Labute approximate surface area is 334 Å². The highest BCUT2D eigenvalue weighted by Crippen LogP contribution is 2.17. The van der Waals surface area contributed by atoms with Crippen LogP contribution in [0.15, 0.2) is 78.7 Å². The number of aldehydes is 1. The largest absolute Gasteiger partial charge is 0.497 e. The van der Waals surface area contributed by atoms with E-state index in [-0.39, 0.29) is 39.6 Å². The van der Waals surface area contributed by atoms with Gasteiger partial charge in [0.05, 0.1) is 30.7 Å². The second kappa shape index (κ2) is 28.7. The first-order chi connectivity index (χ1) is 25.4. The summed E-state index contributed by atoms with van der Waals surface area (Å²) in [4.78, 5) is 45.7. The molecule has 0 saturated carbocycles. The second-order valence-corrected chi connectivity index (χ2v) is 13.6. The number of benzene rings is 2. The lowest BCUT2D eigenvalue weighted by Gasteiger charge is -2.01. The molecule has 0 aliphatic heterocycles. The van der Waals surface area contributed by atoms with Gasteiger partial charge in [0.1, 0.15) is 12.0 Å². The van der Waals surface area contributed by atoms with Gasteiger partial charge in [-0.25, -0.2) is 19.9 Å². The molecule has 11 nitrogen and oxygen atoms in total. The molecule has 0 aliphatic carbocycles. The summed E-state index contributed by atoms with van der Waals surface area (Å²) in [6.07, 6.45) is 7.58. The fraction of sp³-hybridized carbons (Fsp3) is 0.229. The Morgan fingerprint density at radius 3 is 1.74 bits per heavy atom. The van der Waals surface area contributed by atoms with Crippen molar-refractivity contribution in [2.45, 2.75) is 47.5 Å². The normalized spacial score (nSPS) is 9.13. The van der Waals surface area contributed by atoms with Gasteiger partial charge < -0.3 is 21.1 Å². The van der Waals surface area contributed by atoms with Crippen molar-refractivity contribution >= 4 is 91.2 Å². The molecule has 2 amide bonds. The quantitative estimate of drug-likeness (QED) is 0.133. The molecule has 0 spiro atoms. The molecule has 0 aliphatic rings. The minimum absolute atomic E-state index is 0. The fourth-order valence-electron chi connectivity index (χ4n) is 3.26. The number of aryl methyl sites for hydroxylation is 3. The molecule has 54 heavy (non-hydrogen) atoms. The standard InChI is InChI=1S/C12H12FNOS.C8H8O.C5H5FN2OS.C5H6N2OS.C3H3FN2S.C2H6.ClH/c1-15-10-5-2-9(3-6-10)4-7-12-14-8-11(13)16-12;1-7-2-4-8(6-9)5-3-7;1-3(9)8-5-7-2-4(6)10-5;1-4(8)7-5-6-2-3-9-5;4-2-1-6-3(5)7-2;1-2;/h2-3,5-6,8H,4,7H2,1H3;2-6H,1H3;2H,1H3,(H,7,8,9);2-3H,1H3,(H,6,7,8);1H,(H2,5,6);1-2H3;1H. The number of carbonyl (C=O) groups is 3. The number of rotatable bonds is 7. The highest BCUT2D eigenvalue weighted by molar-refractivity contribution is 7.14. The number of thiazole rings is 4. The number of nitrogens with one attached hydrogen (secondary N) is 2. The molecule has 6 rings (SSSR count). The number of anilines is 3. The predicted molar refractivity (Wildman–Crippen MR) is 217 cm³/mol. The fourth-order valence-corrected chi connectivity index (χ4v) is 5.47. The number of hydrogen-bond acceptors (Lipinski definition) is 13. The van der Waals surface area contributed by atoms with Crippen LogP contribution >= 0.6 is 57.8 Å². The minimum Gasteiger partial charge on any atom is -0.497 e. The molecule has 0 fully saturated rings. The van der Waals surface area contributed by atoms with Gasteiger partial charge in [-0.2, -0.15) is 13.2 Å². The number of nitrogens with two attached hydrogens (primary N) is 1. The molecule has 0 radical (unpaired) electrons. The number of carbonyl (C=O) groups excluding carboxylic acids is 3. The van der Waals surface area contributed by atoms with Gasteiger partial charge in [0.2, 0.25) is 11.8 Å². The van der Waals surface area contributed by atoms with Gasteiger partial charge in [-0.05, 0) is 31.0 Å². The molecule has 19 heteroatoms. The van der Waals surface area contributed by atoms with E-state index < -0.39 is 5.13 Å². The van der Waals surface area contributed by atoms with Crippen molar-refractivity contribution in [3.05, 3.63) is 116 Å². The van der Waals surface area contributed by atoms with Gasteiger partial charge in [0, 0.05) is 37.4 Å². The number of nitrogens with zero attached hydrogens (tertiary/aromatic N) is 4. The zero-order valence-electron chi connectivity index (χ0n) is 30.2.